The number of carbonyl (C=O) groups excluding carboxylic acids is 1. The fourth-order valence-electron chi connectivity index (χ4n) is 6.67. The number of unbranched alkanes of at least 4 members (excludes halogenated alkanes) is 12. The number of aliphatic hydroxyl groups is 8. The molecule has 14 heteroatoms. The zero-order chi connectivity index (χ0) is 39.7. The minimum absolute atomic E-state index is 0.232. The highest BCUT2D eigenvalue weighted by Gasteiger charge is 2.50. The van der Waals surface area contributed by atoms with Gasteiger partial charge in [0.1, 0.15) is 48.8 Å². The van der Waals surface area contributed by atoms with Gasteiger partial charge in [-0.05, 0) is 44.9 Å². The second-order valence-electron chi connectivity index (χ2n) is 14.8. The van der Waals surface area contributed by atoms with Crippen LogP contribution in [0.3, 0.4) is 0 Å². The summed E-state index contributed by atoms with van der Waals surface area (Å²) in [5.74, 6) is -0.232. The van der Waals surface area contributed by atoms with Gasteiger partial charge in [-0.1, -0.05) is 102 Å². The number of carbonyl (C=O) groups is 1. The molecule has 0 aromatic heterocycles. The molecule has 54 heavy (non-hydrogen) atoms. The second kappa shape index (κ2) is 28.8. The molecule has 12 unspecified atom stereocenters. The van der Waals surface area contributed by atoms with Crippen LogP contribution in [-0.2, 0) is 23.7 Å². The van der Waals surface area contributed by atoms with E-state index in [4.69, 9.17) is 18.9 Å². The standard InChI is InChI=1S/C40H73NO13/c1-3-5-7-9-10-11-12-13-14-15-16-17-18-19-20-22-24-32(45)41-28(29(44)23-21-8-6-4-2)27-51-39-37(50)35(48)38(31(26-43)53-39)54-40-36(49)34(47)33(46)30(25-42)52-40/h11-12,14-15,28-31,33-40,42-44,46-50H,3-10,13,16-27H2,1-2H3,(H,41,45)/b12-11-,15-14-. The van der Waals surface area contributed by atoms with Crippen molar-refractivity contribution in [2.75, 3.05) is 19.8 Å². The molecule has 0 aromatic rings. The summed E-state index contributed by atoms with van der Waals surface area (Å²) < 4.78 is 22.5. The van der Waals surface area contributed by atoms with E-state index in [2.05, 4.69) is 43.5 Å². The molecule has 2 saturated heterocycles. The van der Waals surface area contributed by atoms with Gasteiger partial charge in [0.25, 0.3) is 0 Å². The normalized spacial score (nSPS) is 30.3. The van der Waals surface area contributed by atoms with Gasteiger partial charge in [-0.3, -0.25) is 4.79 Å². The van der Waals surface area contributed by atoms with Crippen LogP contribution in [0, 0.1) is 0 Å². The van der Waals surface area contributed by atoms with Crippen molar-refractivity contribution in [2.45, 2.75) is 203 Å². The molecule has 9 N–H and O–H groups in total. The molecule has 316 valence electrons. The van der Waals surface area contributed by atoms with E-state index in [0.717, 1.165) is 70.6 Å². The lowest BCUT2D eigenvalue weighted by Crippen LogP contribution is -2.65. The molecule has 0 bridgehead atoms. The number of hydrogen-bond acceptors (Lipinski definition) is 13. The van der Waals surface area contributed by atoms with Crippen molar-refractivity contribution >= 4 is 5.91 Å². The van der Waals surface area contributed by atoms with Gasteiger partial charge in [0.2, 0.25) is 5.91 Å². The maximum absolute atomic E-state index is 13.0. The summed E-state index contributed by atoms with van der Waals surface area (Å²) in [6, 6.07) is -0.828. The molecule has 2 fully saturated rings. The topological polar surface area (TPSA) is 228 Å². The Morgan fingerprint density at radius 1 is 0.667 bits per heavy atom. The van der Waals surface area contributed by atoms with Gasteiger partial charge in [-0.15, -0.1) is 0 Å². The zero-order valence-electron chi connectivity index (χ0n) is 32.7. The maximum atomic E-state index is 13.0. The number of amides is 1. The molecule has 1 amide bonds. The highest BCUT2D eigenvalue weighted by molar-refractivity contribution is 5.76. The third-order valence-electron chi connectivity index (χ3n) is 10.2. The van der Waals surface area contributed by atoms with Crippen molar-refractivity contribution in [3.05, 3.63) is 24.3 Å². The zero-order valence-corrected chi connectivity index (χ0v) is 32.7. The van der Waals surface area contributed by atoms with Gasteiger partial charge in [-0.2, -0.15) is 0 Å². The third-order valence-corrected chi connectivity index (χ3v) is 10.2. The predicted octanol–water partition coefficient (Wildman–Crippen LogP) is 2.65. The largest absolute Gasteiger partial charge is 0.394 e. The van der Waals surface area contributed by atoms with Crippen molar-refractivity contribution in [3.8, 4) is 0 Å². The fourth-order valence-corrected chi connectivity index (χ4v) is 6.67. The molecular formula is C40H73NO13. The highest BCUT2D eigenvalue weighted by Crippen LogP contribution is 2.30. The SMILES string of the molecule is CCCCCC/C=C\C/C=C\CCCCCCCC(=O)NC(COC1OC(CO)C(OC2OC(CO)C(O)C(O)C2O)C(O)C1O)C(O)CCCCCC. The Morgan fingerprint density at radius 2 is 1.22 bits per heavy atom. The number of hydrogen-bond donors (Lipinski definition) is 9. The lowest BCUT2D eigenvalue weighted by Gasteiger charge is -2.46. The molecule has 0 radical (unpaired) electrons. The van der Waals surface area contributed by atoms with Gasteiger partial charge in [-0.25, -0.2) is 0 Å². The number of rotatable bonds is 29. The molecule has 14 nitrogen and oxygen atoms in total. The Morgan fingerprint density at radius 3 is 1.85 bits per heavy atom. The first kappa shape index (κ1) is 48.6. The second-order valence-corrected chi connectivity index (χ2v) is 14.8. The monoisotopic (exact) mass is 776 g/mol. The van der Waals surface area contributed by atoms with Crippen LogP contribution in [0.1, 0.15) is 129 Å². The Labute approximate surface area is 322 Å². The van der Waals surface area contributed by atoms with Crippen LogP contribution in [0.4, 0.5) is 0 Å². The summed E-state index contributed by atoms with van der Waals surface area (Å²) in [5.41, 5.74) is 0. The molecule has 12 atom stereocenters. The van der Waals surface area contributed by atoms with Crippen LogP contribution in [0.5, 0.6) is 0 Å². The number of nitrogens with one attached hydrogen (secondary N) is 1. The van der Waals surface area contributed by atoms with Crippen LogP contribution in [-0.4, -0.2) is 140 Å². The van der Waals surface area contributed by atoms with Crippen molar-refractivity contribution in [1.29, 1.82) is 0 Å². The first-order chi connectivity index (χ1) is 26.1. The molecule has 2 rings (SSSR count). The minimum atomic E-state index is -1.78. The first-order valence-electron chi connectivity index (χ1n) is 20.6. The van der Waals surface area contributed by atoms with E-state index in [1.165, 1.54) is 25.7 Å². The molecule has 2 aliphatic rings. The molecule has 0 aromatic carbocycles. The highest BCUT2D eigenvalue weighted by atomic mass is 16.7. The van der Waals surface area contributed by atoms with E-state index in [0.29, 0.717) is 12.8 Å². The molecule has 0 spiro atoms. The summed E-state index contributed by atoms with van der Waals surface area (Å²) in [5, 5.41) is 85.8. The number of allylic oxidation sites excluding steroid dienone is 4. The van der Waals surface area contributed by atoms with Crippen LogP contribution < -0.4 is 5.32 Å². The smallest absolute Gasteiger partial charge is 0.220 e. The van der Waals surface area contributed by atoms with E-state index in [1.807, 2.05) is 0 Å². The first-order valence-corrected chi connectivity index (χ1v) is 20.6. The van der Waals surface area contributed by atoms with Crippen molar-refractivity contribution in [3.63, 3.8) is 0 Å². The van der Waals surface area contributed by atoms with Crippen LogP contribution in [0.15, 0.2) is 24.3 Å². The summed E-state index contributed by atoms with van der Waals surface area (Å²) >= 11 is 0. The molecular weight excluding hydrogens is 702 g/mol. The summed E-state index contributed by atoms with van der Waals surface area (Å²) in [7, 11) is 0. The summed E-state index contributed by atoms with van der Waals surface area (Å²) in [6.07, 6.45) is 9.85. The van der Waals surface area contributed by atoms with Crippen LogP contribution in [0.2, 0.25) is 0 Å². The molecule has 0 saturated carbocycles. The summed E-state index contributed by atoms with van der Waals surface area (Å²) in [6.45, 7) is 2.65. The van der Waals surface area contributed by atoms with Gasteiger partial charge < -0.3 is 65.1 Å². The molecule has 0 aliphatic carbocycles. The van der Waals surface area contributed by atoms with Gasteiger partial charge in [0, 0.05) is 6.42 Å². The Hall–Kier alpha value is -1.53. The number of aliphatic hydroxyl groups excluding tert-OH is 8. The third kappa shape index (κ3) is 17.7. The van der Waals surface area contributed by atoms with E-state index in [-0.39, 0.29) is 18.9 Å². The van der Waals surface area contributed by atoms with E-state index < -0.39 is 86.8 Å². The van der Waals surface area contributed by atoms with Crippen molar-refractivity contribution in [2.24, 2.45) is 0 Å². The van der Waals surface area contributed by atoms with E-state index in [9.17, 15) is 45.6 Å². The van der Waals surface area contributed by atoms with Crippen LogP contribution >= 0.6 is 0 Å². The average Bonchev–Trinajstić information content (AvgIpc) is 3.17. The fraction of sp³-hybridized carbons (Fsp3) is 0.875. The minimum Gasteiger partial charge on any atom is -0.394 e. The van der Waals surface area contributed by atoms with E-state index >= 15 is 0 Å². The van der Waals surface area contributed by atoms with Gasteiger partial charge in [0.15, 0.2) is 12.6 Å². The van der Waals surface area contributed by atoms with Gasteiger partial charge in [0.05, 0.1) is 32.0 Å². The number of ether oxygens (including phenoxy) is 4. The van der Waals surface area contributed by atoms with Crippen molar-refractivity contribution < 1.29 is 64.6 Å². The Kier molecular flexibility index (Phi) is 25.9. The lowest BCUT2D eigenvalue weighted by atomic mass is 9.97. The van der Waals surface area contributed by atoms with Crippen LogP contribution in [0.25, 0.3) is 0 Å². The quantitative estimate of drug-likeness (QED) is 0.0394. The van der Waals surface area contributed by atoms with Crippen molar-refractivity contribution in [1.82, 2.24) is 5.32 Å². The molecule has 2 aliphatic heterocycles. The lowest BCUT2D eigenvalue weighted by molar-refractivity contribution is -0.359. The maximum Gasteiger partial charge on any atom is 0.220 e. The predicted molar refractivity (Wildman–Crippen MR) is 203 cm³/mol. The van der Waals surface area contributed by atoms with E-state index in [1.54, 1.807) is 0 Å². The Balaban J connectivity index is 1.82. The van der Waals surface area contributed by atoms with Gasteiger partial charge >= 0.3 is 0 Å². The molecule has 2 heterocycles. The summed E-state index contributed by atoms with van der Waals surface area (Å²) in [4.78, 5) is 13.0. The average molecular weight is 776 g/mol. The Bertz CT molecular complexity index is 1010.